The van der Waals surface area contributed by atoms with Crippen LogP contribution in [0.5, 0.6) is 0 Å². The van der Waals surface area contributed by atoms with Gasteiger partial charge in [-0.05, 0) is 18.4 Å². The summed E-state index contributed by atoms with van der Waals surface area (Å²) in [5.41, 5.74) is 5.79. The first-order valence-electron chi connectivity index (χ1n) is 4.50. The molecule has 0 spiro atoms. The van der Waals surface area contributed by atoms with Crippen molar-refractivity contribution in [1.29, 1.82) is 0 Å². The van der Waals surface area contributed by atoms with Crippen molar-refractivity contribution in [3.8, 4) is 0 Å². The van der Waals surface area contributed by atoms with Crippen molar-refractivity contribution >= 4 is 18.3 Å². The second kappa shape index (κ2) is 5.72. The number of halogens is 1. The van der Waals surface area contributed by atoms with Crippen LogP contribution in [0.4, 0.5) is 5.88 Å². The molecule has 5 nitrogen and oxygen atoms in total. The number of nitro groups is 1. The Balaban J connectivity index is 0.00000196. The van der Waals surface area contributed by atoms with Crippen LogP contribution in [0.3, 0.4) is 0 Å². The van der Waals surface area contributed by atoms with Gasteiger partial charge in [0.25, 0.3) is 0 Å². The summed E-state index contributed by atoms with van der Waals surface area (Å²) in [5.74, 6) is 0.666. The third-order valence-electron chi connectivity index (χ3n) is 1.88. The summed E-state index contributed by atoms with van der Waals surface area (Å²) < 4.78 is 4.98. The fourth-order valence-corrected chi connectivity index (χ4v) is 1.26. The van der Waals surface area contributed by atoms with E-state index >= 15 is 0 Å². The normalized spacial score (nSPS) is 12.3. The van der Waals surface area contributed by atoms with Crippen molar-refractivity contribution in [2.24, 2.45) is 11.7 Å². The summed E-state index contributed by atoms with van der Waals surface area (Å²) in [6.45, 7) is 4.08. The average molecular weight is 235 g/mol. The average Bonchev–Trinajstić information content (AvgIpc) is 2.50. The molecule has 1 aromatic heterocycles. The molecule has 0 amide bonds. The van der Waals surface area contributed by atoms with Crippen molar-refractivity contribution in [2.75, 3.05) is 0 Å². The summed E-state index contributed by atoms with van der Waals surface area (Å²) >= 11 is 0. The maximum absolute atomic E-state index is 10.3. The second-order valence-corrected chi connectivity index (χ2v) is 3.67. The lowest BCUT2D eigenvalue weighted by molar-refractivity contribution is -0.402. The van der Waals surface area contributed by atoms with Crippen molar-refractivity contribution in [3.05, 3.63) is 28.0 Å². The molecule has 1 atom stereocenters. The number of nitrogens with zero attached hydrogens (tertiary/aromatic N) is 1. The van der Waals surface area contributed by atoms with Crippen molar-refractivity contribution in [1.82, 2.24) is 0 Å². The van der Waals surface area contributed by atoms with Gasteiger partial charge in [-0.1, -0.05) is 13.8 Å². The first-order chi connectivity index (χ1) is 6.50. The standard InChI is InChI=1S/C9H14N2O3.ClH/c1-6(2)5-7(10)8-3-4-9(14-8)11(12)13;/h3-4,6-7H,5,10H2,1-2H3;1H/t7-;/m0./s1. The van der Waals surface area contributed by atoms with Crippen molar-refractivity contribution in [2.45, 2.75) is 26.3 Å². The molecule has 0 saturated carbocycles. The largest absolute Gasteiger partial charge is 0.433 e. The number of rotatable bonds is 4. The Hall–Kier alpha value is -1.07. The van der Waals surface area contributed by atoms with Crippen LogP contribution in [0.1, 0.15) is 32.1 Å². The Kier molecular flexibility index (Phi) is 5.32. The Morgan fingerprint density at radius 2 is 2.13 bits per heavy atom. The lowest BCUT2D eigenvalue weighted by atomic mass is 10.0. The highest BCUT2D eigenvalue weighted by Gasteiger charge is 2.17. The van der Waals surface area contributed by atoms with Gasteiger partial charge in [-0.25, -0.2) is 0 Å². The van der Waals surface area contributed by atoms with E-state index in [0.29, 0.717) is 11.7 Å². The van der Waals surface area contributed by atoms with Gasteiger partial charge < -0.3 is 10.2 Å². The van der Waals surface area contributed by atoms with Crippen LogP contribution >= 0.6 is 12.4 Å². The molecule has 15 heavy (non-hydrogen) atoms. The topological polar surface area (TPSA) is 82.3 Å². The fourth-order valence-electron chi connectivity index (χ4n) is 1.26. The van der Waals surface area contributed by atoms with E-state index in [1.165, 1.54) is 6.07 Å². The Bertz CT molecular complexity index is 325. The van der Waals surface area contributed by atoms with E-state index in [1.54, 1.807) is 6.07 Å². The molecule has 0 radical (unpaired) electrons. The minimum Gasteiger partial charge on any atom is -0.404 e. The van der Waals surface area contributed by atoms with E-state index in [4.69, 9.17) is 10.2 Å². The molecule has 0 fully saturated rings. The second-order valence-electron chi connectivity index (χ2n) is 3.67. The first-order valence-corrected chi connectivity index (χ1v) is 4.50. The van der Waals surface area contributed by atoms with Gasteiger partial charge in [-0.15, -0.1) is 12.4 Å². The predicted octanol–water partition coefficient (Wildman–Crippen LogP) is 2.66. The Morgan fingerprint density at radius 1 is 1.53 bits per heavy atom. The highest BCUT2D eigenvalue weighted by Crippen LogP contribution is 2.24. The first kappa shape index (κ1) is 13.9. The van der Waals surface area contributed by atoms with E-state index < -0.39 is 4.92 Å². The van der Waals surface area contributed by atoms with Crippen LogP contribution in [0.15, 0.2) is 16.5 Å². The van der Waals surface area contributed by atoms with E-state index in [2.05, 4.69) is 0 Å². The quantitative estimate of drug-likeness (QED) is 0.641. The summed E-state index contributed by atoms with van der Waals surface area (Å²) in [4.78, 5) is 9.77. The summed E-state index contributed by atoms with van der Waals surface area (Å²) in [5, 5.41) is 10.3. The summed E-state index contributed by atoms with van der Waals surface area (Å²) in [6.07, 6.45) is 0.755. The molecule has 0 aliphatic heterocycles. The maximum atomic E-state index is 10.3. The maximum Gasteiger partial charge on any atom is 0.433 e. The third-order valence-corrected chi connectivity index (χ3v) is 1.88. The minimum atomic E-state index is -0.564. The van der Waals surface area contributed by atoms with E-state index in [9.17, 15) is 10.1 Å². The van der Waals surface area contributed by atoms with Crippen LogP contribution in [-0.4, -0.2) is 4.92 Å². The molecule has 1 rings (SSSR count). The van der Waals surface area contributed by atoms with Gasteiger partial charge in [0.15, 0.2) is 0 Å². The number of hydrogen-bond acceptors (Lipinski definition) is 4. The molecule has 2 N–H and O–H groups in total. The zero-order valence-electron chi connectivity index (χ0n) is 8.67. The van der Waals surface area contributed by atoms with Gasteiger partial charge in [0.05, 0.1) is 12.1 Å². The molecule has 1 heterocycles. The van der Waals surface area contributed by atoms with E-state index in [0.717, 1.165) is 6.42 Å². The van der Waals surface area contributed by atoms with Crippen molar-refractivity contribution < 1.29 is 9.34 Å². The molecule has 0 aliphatic carbocycles. The summed E-state index contributed by atoms with van der Waals surface area (Å²) in [6, 6.07) is 2.63. The van der Waals surface area contributed by atoms with Gasteiger partial charge in [0.1, 0.15) is 10.7 Å². The van der Waals surface area contributed by atoms with Gasteiger partial charge in [-0.2, -0.15) is 0 Å². The molecule has 0 aromatic carbocycles. The smallest absolute Gasteiger partial charge is 0.404 e. The monoisotopic (exact) mass is 234 g/mol. The number of hydrogen-bond donors (Lipinski definition) is 1. The highest BCUT2D eigenvalue weighted by molar-refractivity contribution is 5.85. The van der Waals surface area contributed by atoms with E-state index in [-0.39, 0.29) is 24.3 Å². The molecule has 0 aliphatic rings. The zero-order chi connectivity index (χ0) is 10.7. The molecule has 6 heteroatoms. The lowest BCUT2D eigenvalue weighted by Crippen LogP contribution is -2.11. The number of nitrogens with two attached hydrogens (primary N) is 1. The fraction of sp³-hybridized carbons (Fsp3) is 0.556. The minimum absolute atomic E-state index is 0. The Labute approximate surface area is 94.2 Å². The molecule has 86 valence electrons. The third kappa shape index (κ3) is 3.89. The van der Waals surface area contributed by atoms with Crippen LogP contribution in [0.25, 0.3) is 0 Å². The molecule has 0 bridgehead atoms. The SMILES string of the molecule is CC(C)C[C@H](N)c1ccc([N+](=O)[O-])o1.Cl. The summed E-state index contributed by atoms with van der Waals surface area (Å²) in [7, 11) is 0. The van der Waals surface area contributed by atoms with Gasteiger partial charge in [0.2, 0.25) is 0 Å². The zero-order valence-corrected chi connectivity index (χ0v) is 9.49. The van der Waals surface area contributed by atoms with Crippen LogP contribution in [-0.2, 0) is 0 Å². The van der Waals surface area contributed by atoms with Gasteiger partial charge in [-0.3, -0.25) is 10.1 Å². The van der Waals surface area contributed by atoms with Crippen LogP contribution < -0.4 is 5.73 Å². The molecular weight excluding hydrogens is 220 g/mol. The lowest BCUT2D eigenvalue weighted by Gasteiger charge is -2.10. The van der Waals surface area contributed by atoms with Gasteiger partial charge >= 0.3 is 5.88 Å². The highest BCUT2D eigenvalue weighted by atomic mass is 35.5. The van der Waals surface area contributed by atoms with E-state index in [1.807, 2.05) is 13.8 Å². The molecular formula is C9H15ClN2O3. The van der Waals surface area contributed by atoms with Gasteiger partial charge in [0, 0.05) is 0 Å². The number of furan rings is 1. The van der Waals surface area contributed by atoms with Crippen LogP contribution in [0.2, 0.25) is 0 Å². The molecule has 1 aromatic rings. The van der Waals surface area contributed by atoms with Crippen LogP contribution in [0, 0.1) is 16.0 Å². The predicted molar refractivity (Wildman–Crippen MR) is 59.0 cm³/mol. The Morgan fingerprint density at radius 3 is 2.53 bits per heavy atom. The van der Waals surface area contributed by atoms with Crippen molar-refractivity contribution in [3.63, 3.8) is 0 Å². The molecule has 0 saturated heterocycles. The molecule has 0 unspecified atom stereocenters.